The topological polar surface area (TPSA) is 60.7 Å². The van der Waals surface area contributed by atoms with Crippen LogP contribution in [0.5, 0.6) is 0 Å². The van der Waals surface area contributed by atoms with Gasteiger partial charge >= 0.3 is 5.97 Å². The van der Waals surface area contributed by atoms with E-state index in [9.17, 15) is 14.0 Å². The second kappa shape index (κ2) is 8.72. The van der Waals surface area contributed by atoms with Crippen LogP contribution >= 0.6 is 22.7 Å². The Bertz CT molecular complexity index is 1320. The number of ether oxygens (including phenoxy) is 1. The Labute approximate surface area is 186 Å². The summed E-state index contributed by atoms with van der Waals surface area (Å²) in [6.45, 7) is 6.00. The van der Waals surface area contributed by atoms with Crippen molar-refractivity contribution in [3.63, 3.8) is 0 Å². The number of aromatic nitrogens is 1. The van der Waals surface area contributed by atoms with Crippen LogP contribution in [0, 0.1) is 11.7 Å². The molecule has 5 nitrogen and oxygen atoms in total. The number of carbonyl (C=O) groups excluding carboxylic acids is 1. The van der Waals surface area contributed by atoms with E-state index in [1.807, 2.05) is 31.4 Å². The second-order valence-electron chi connectivity index (χ2n) is 7.64. The minimum atomic E-state index is -0.591. The van der Waals surface area contributed by atoms with Crippen molar-refractivity contribution < 1.29 is 13.9 Å². The lowest BCUT2D eigenvalue weighted by Gasteiger charge is -2.23. The predicted molar refractivity (Wildman–Crippen MR) is 120 cm³/mol. The molecule has 160 valence electrons. The molecule has 31 heavy (non-hydrogen) atoms. The van der Waals surface area contributed by atoms with E-state index in [-0.39, 0.29) is 17.3 Å². The standard InChI is InChI=1S/C23H21FN2O3S2/c1-13(2)12-29-22(28)19-14(3)25-23-26(20(19)17-5-4-10-30-17)21(27)18(31-23)11-15-6-8-16(24)9-7-15/h4-11,13,20H,12H2,1-3H3/b18-11+/t20-/m1/s1. The lowest BCUT2D eigenvalue weighted by molar-refractivity contribution is -0.140. The normalized spacial score (nSPS) is 16.4. The van der Waals surface area contributed by atoms with Gasteiger partial charge in [0.15, 0.2) is 4.80 Å². The van der Waals surface area contributed by atoms with Crippen LogP contribution in [0.3, 0.4) is 0 Å². The van der Waals surface area contributed by atoms with Gasteiger partial charge in [0.25, 0.3) is 5.56 Å². The van der Waals surface area contributed by atoms with Crippen molar-refractivity contribution in [3.8, 4) is 0 Å². The molecule has 2 aromatic heterocycles. The summed E-state index contributed by atoms with van der Waals surface area (Å²) in [6, 6.07) is 9.14. The number of benzene rings is 1. The Hall–Kier alpha value is -2.84. The van der Waals surface area contributed by atoms with Gasteiger partial charge in [-0.25, -0.2) is 14.2 Å². The fourth-order valence-corrected chi connectivity index (χ4v) is 5.20. The van der Waals surface area contributed by atoms with Crippen molar-refractivity contribution in [3.05, 3.63) is 89.0 Å². The fraction of sp³-hybridized carbons (Fsp3) is 0.261. The number of carbonyl (C=O) groups is 1. The zero-order valence-electron chi connectivity index (χ0n) is 17.3. The number of nitrogens with zero attached hydrogens (tertiary/aromatic N) is 2. The van der Waals surface area contributed by atoms with Crippen molar-refractivity contribution in [2.45, 2.75) is 26.8 Å². The van der Waals surface area contributed by atoms with Crippen LogP contribution in [0.4, 0.5) is 4.39 Å². The fourth-order valence-electron chi connectivity index (χ4n) is 3.33. The third-order valence-electron chi connectivity index (χ3n) is 4.77. The van der Waals surface area contributed by atoms with Gasteiger partial charge in [-0.3, -0.25) is 9.36 Å². The first-order valence-corrected chi connectivity index (χ1v) is 11.5. The molecule has 1 aliphatic rings. The molecule has 4 rings (SSSR count). The molecule has 1 atom stereocenters. The van der Waals surface area contributed by atoms with Crippen molar-refractivity contribution in [2.75, 3.05) is 6.61 Å². The Morgan fingerprint density at radius 2 is 2.03 bits per heavy atom. The highest BCUT2D eigenvalue weighted by Crippen LogP contribution is 2.33. The Balaban J connectivity index is 1.86. The molecule has 0 radical (unpaired) electrons. The minimum absolute atomic E-state index is 0.196. The van der Waals surface area contributed by atoms with E-state index in [0.29, 0.717) is 32.8 Å². The van der Waals surface area contributed by atoms with Gasteiger partial charge in [0, 0.05) is 4.88 Å². The van der Waals surface area contributed by atoms with Crippen molar-refractivity contribution >= 4 is 34.7 Å². The van der Waals surface area contributed by atoms with Crippen LogP contribution in [-0.4, -0.2) is 17.1 Å². The molecule has 0 spiro atoms. The molecule has 0 unspecified atom stereocenters. The molecule has 1 aromatic carbocycles. The maximum Gasteiger partial charge on any atom is 0.338 e. The van der Waals surface area contributed by atoms with E-state index < -0.39 is 12.0 Å². The lowest BCUT2D eigenvalue weighted by Crippen LogP contribution is -2.39. The summed E-state index contributed by atoms with van der Waals surface area (Å²) < 4.78 is 20.8. The van der Waals surface area contributed by atoms with Gasteiger partial charge < -0.3 is 4.74 Å². The third-order valence-corrected chi connectivity index (χ3v) is 6.68. The van der Waals surface area contributed by atoms with E-state index in [0.717, 1.165) is 4.88 Å². The lowest BCUT2D eigenvalue weighted by atomic mass is 10.0. The molecule has 1 aliphatic heterocycles. The molecule has 0 saturated carbocycles. The number of thiazole rings is 1. The zero-order valence-corrected chi connectivity index (χ0v) is 18.9. The second-order valence-corrected chi connectivity index (χ2v) is 9.63. The van der Waals surface area contributed by atoms with Crippen molar-refractivity contribution in [1.29, 1.82) is 0 Å². The first kappa shape index (κ1) is 21.4. The average Bonchev–Trinajstić information content (AvgIpc) is 3.36. The van der Waals surface area contributed by atoms with E-state index in [1.165, 1.54) is 34.8 Å². The van der Waals surface area contributed by atoms with Crippen LogP contribution in [0.1, 0.15) is 37.3 Å². The smallest absolute Gasteiger partial charge is 0.338 e. The molecule has 8 heteroatoms. The molecule has 3 aromatic rings. The van der Waals surface area contributed by atoms with Crippen molar-refractivity contribution in [1.82, 2.24) is 4.57 Å². The largest absolute Gasteiger partial charge is 0.462 e. The molecule has 0 N–H and O–H groups in total. The first-order chi connectivity index (χ1) is 14.8. The van der Waals surface area contributed by atoms with Gasteiger partial charge in [-0.05, 0) is 48.1 Å². The van der Waals surface area contributed by atoms with E-state index >= 15 is 0 Å². The van der Waals surface area contributed by atoms with Gasteiger partial charge in [0.05, 0.1) is 22.4 Å². The number of allylic oxidation sites excluding steroid dienone is 1. The van der Waals surface area contributed by atoms with Gasteiger partial charge in [-0.15, -0.1) is 11.3 Å². The quantitative estimate of drug-likeness (QED) is 0.551. The van der Waals surface area contributed by atoms with E-state index in [4.69, 9.17) is 4.74 Å². The van der Waals surface area contributed by atoms with Crippen LogP contribution in [0.25, 0.3) is 6.08 Å². The maximum atomic E-state index is 13.4. The molecule has 0 aliphatic carbocycles. The highest BCUT2D eigenvalue weighted by Gasteiger charge is 2.34. The van der Waals surface area contributed by atoms with E-state index in [2.05, 4.69) is 4.99 Å². The molecular formula is C23H21FN2O3S2. The average molecular weight is 457 g/mol. The Morgan fingerprint density at radius 1 is 1.29 bits per heavy atom. The summed E-state index contributed by atoms with van der Waals surface area (Å²) in [4.78, 5) is 32.3. The summed E-state index contributed by atoms with van der Waals surface area (Å²) >= 11 is 2.72. The molecule has 0 amide bonds. The number of halogens is 1. The SMILES string of the molecule is CC1=C(C(=O)OCC(C)C)[C@@H](c2cccs2)n2c(s/c(=C/c3ccc(F)cc3)c2=O)=N1. The number of rotatable bonds is 5. The van der Waals surface area contributed by atoms with Crippen LogP contribution < -0.4 is 14.9 Å². The molecule has 0 saturated heterocycles. The summed E-state index contributed by atoms with van der Waals surface area (Å²) in [6.07, 6.45) is 1.71. The summed E-state index contributed by atoms with van der Waals surface area (Å²) in [5.41, 5.74) is 1.39. The van der Waals surface area contributed by atoms with Gasteiger partial charge in [-0.1, -0.05) is 43.4 Å². The molecule has 0 fully saturated rings. The summed E-state index contributed by atoms with van der Waals surface area (Å²) in [7, 11) is 0. The number of fused-ring (bicyclic) bond motifs is 1. The third kappa shape index (κ3) is 4.31. The first-order valence-electron chi connectivity index (χ1n) is 9.84. The van der Waals surface area contributed by atoms with Gasteiger partial charge in [-0.2, -0.15) is 0 Å². The van der Waals surface area contributed by atoms with Crippen LogP contribution in [0.2, 0.25) is 0 Å². The molecule has 0 bridgehead atoms. The van der Waals surface area contributed by atoms with Gasteiger partial charge in [0.2, 0.25) is 0 Å². The highest BCUT2D eigenvalue weighted by molar-refractivity contribution is 7.10. The number of esters is 1. The van der Waals surface area contributed by atoms with Crippen LogP contribution in [-0.2, 0) is 9.53 Å². The number of thiophene rings is 1. The Morgan fingerprint density at radius 3 is 2.68 bits per heavy atom. The summed E-state index contributed by atoms with van der Waals surface area (Å²) in [5.74, 6) is -0.598. The van der Waals surface area contributed by atoms with E-state index in [1.54, 1.807) is 29.7 Å². The zero-order chi connectivity index (χ0) is 22.1. The van der Waals surface area contributed by atoms with Crippen LogP contribution in [0.15, 0.2) is 62.8 Å². The predicted octanol–water partition coefficient (Wildman–Crippen LogP) is 3.64. The Kier molecular flexibility index (Phi) is 6.02. The highest BCUT2D eigenvalue weighted by atomic mass is 32.1. The molecular weight excluding hydrogens is 435 g/mol. The number of hydrogen-bond acceptors (Lipinski definition) is 6. The summed E-state index contributed by atoms with van der Waals surface area (Å²) in [5, 5.41) is 1.91. The monoisotopic (exact) mass is 456 g/mol. The maximum absolute atomic E-state index is 13.4. The van der Waals surface area contributed by atoms with Gasteiger partial charge in [0.1, 0.15) is 11.9 Å². The minimum Gasteiger partial charge on any atom is -0.462 e. The number of hydrogen-bond donors (Lipinski definition) is 0. The molecule has 3 heterocycles. The van der Waals surface area contributed by atoms with Crippen molar-refractivity contribution in [2.24, 2.45) is 10.9 Å².